The summed E-state index contributed by atoms with van der Waals surface area (Å²) in [5, 5.41) is 12.7. The lowest BCUT2D eigenvalue weighted by molar-refractivity contribution is 0.0409. The van der Waals surface area contributed by atoms with Crippen LogP contribution in [0.4, 0.5) is 0 Å². The molecule has 1 atom stereocenters. The highest BCUT2D eigenvalue weighted by atomic mass is 16.4. The van der Waals surface area contributed by atoms with Crippen molar-refractivity contribution in [2.45, 2.75) is 18.9 Å². The molecule has 2 heterocycles. The number of hydrogen-bond donors (Lipinski definition) is 1. The van der Waals surface area contributed by atoms with Crippen molar-refractivity contribution in [3.05, 3.63) is 90.0 Å². The molecule has 0 amide bonds. The molecule has 1 unspecified atom stereocenters. The Hall–Kier alpha value is -2.95. The molecule has 0 bridgehead atoms. The minimum absolute atomic E-state index is 0.527. The zero-order valence-corrected chi connectivity index (χ0v) is 17.1. The molecule has 29 heavy (non-hydrogen) atoms. The van der Waals surface area contributed by atoms with Crippen LogP contribution in [0.3, 0.4) is 0 Å². The number of furan rings is 1. The number of rotatable bonds is 6. The Balaban J connectivity index is 1.90. The molecule has 0 aliphatic rings. The van der Waals surface area contributed by atoms with Crippen LogP contribution >= 0.6 is 0 Å². The van der Waals surface area contributed by atoms with Crippen molar-refractivity contribution in [1.82, 2.24) is 9.88 Å². The highest BCUT2D eigenvalue weighted by molar-refractivity contribution is 5.95. The second-order valence-corrected chi connectivity index (χ2v) is 7.80. The Morgan fingerprint density at radius 2 is 1.79 bits per heavy atom. The maximum Gasteiger partial charge on any atom is 0.148 e. The van der Waals surface area contributed by atoms with E-state index < -0.39 is 5.60 Å². The molecule has 4 aromatic rings. The molecule has 0 aliphatic heterocycles. The Labute approximate surface area is 171 Å². The van der Waals surface area contributed by atoms with Crippen molar-refractivity contribution in [3.8, 4) is 11.1 Å². The van der Waals surface area contributed by atoms with Gasteiger partial charge in [-0.05, 0) is 68.0 Å². The summed E-state index contributed by atoms with van der Waals surface area (Å²) >= 11 is 0. The Bertz CT molecular complexity index is 1100. The van der Waals surface area contributed by atoms with E-state index in [2.05, 4.69) is 29.2 Å². The summed E-state index contributed by atoms with van der Waals surface area (Å²) in [6, 6.07) is 22.1. The van der Waals surface area contributed by atoms with Crippen molar-refractivity contribution in [2.75, 3.05) is 20.6 Å². The summed E-state index contributed by atoms with van der Waals surface area (Å²) in [5.41, 5.74) is 3.74. The fraction of sp³-hybridized carbons (Fsp3) is 0.240. The van der Waals surface area contributed by atoms with Crippen molar-refractivity contribution in [3.63, 3.8) is 0 Å². The van der Waals surface area contributed by atoms with E-state index >= 15 is 0 Å². The number of aromatic nitrogens is 1. The fourth-order valence-corrected chi connectivity index (χ4v) is 3.78. The zero-order valence-electron chi connectivity index (χ0n) is 17.1. The Morgan fingerprint density at radius 3 is 2.48 bits per heavy atom. The number of pyridine rings is 1. The normalized spacial score (nSPS) is 13.7. The van der Waals surface area contributed by atoms with Gasteiger partial charge < -0.3 is 14.4 Å². The highest BCUT2D eigenvalue weighted by Crippen LogP contribution is 2.37. The second kappa shape index (κ2) is 7.82. The minimum Gasteiger partial charge on any atom is -0.466 e. The lowest BCUT2D eigenvalue weighted by Gasteiger charge is -2.28. The van der Waals surface area contributed by atoms with Crippen molar-refractivity contribution in [2.24, 2.45) is 0 Å². The van der Waals surface area contributed by atoms with Crippen LogP contribution in [-0.4, -0.2) is 35.6 Å². The molecular weight excluding hydrogens is 360 g/mol. The van der Waals surface area contributed by atoms with E-state index in [4.69, 9.17) is 9.40 Å². The monoisotopic (exact) mass is 386 g/mol. The van der Waals surface area contributed by atoms with Gasteiger partial charge in [0.05, 0.1) is 11.8 Å². The summed E-state index contributed by atoms with van der Waals surface area (Å²) in [7, 11) is 4.01. The first-order valence-electron chi connectivity index (χ1n) is 9.86. The smallest absolute Gasteiger partial charge is 0.148 e. The molecule has 0 saturated carbocycles. The van der Waals surface area contributed by atoms with Gasteiger partial charge in [-0.15, -0.1) is 0 Å². The van der Waals surface area contributed by atoms with E-state index in [1.54, 1.807) is 6.26 Å². The molecule has 2 aromatic carbocycles. The van der Waals surface area contributed by atoms with Crippen molar-refractivity contribution >= 4 is 10.9 Å². The molecule has 0 spiro atoms. The maximum absolute atomic E-state index is 11.7. The van der Waals surface area contributed by atoms with Crippen LogP contribution in [0.1, 0.15) is 23.4 Å². The summed E-state index contributed by atoms with van der Waals surface area (Å²) in [6.07, 6.45) is 2.14. The van der Waals surface area contributed by atoms with E-state index in [1.165, 1.54) is 0 Å². The van der Waals surface area contributed by atoms with Gasteiger partial charge in [0.25, 0.3) is 0 Å². The van der Waals surface area contributed by atoms with Gasteiger partial charge in [-0.25, -0.2) is 0 Å². The highest BCUT2D eigenvalue weighted by Gasteiger charge is 2.34. The molecule has 148 valence electrons. The van der Waals surface area contributed by atoms with Gasteiger partial charge in [-0.3, -0.25) is 4.98 Å². The van der Waals surface area contributed by atoms with E-state index in [1.807, 2.05) is 63.5 Å². The number of hydrogen-bond acceptors (Lipinski definition) is 4. The number of aliphatic hydroxyl groups is 1. The van der Waals surface area contributed by atoms with Crippen LogP contribution in [-0.2, 0) is 5.60 Å². The van der Waals surface area contributed by atoms with E-state index in [-0.39, 0.29) is 0 Å². The van der Waals surface area contributed by atoms with Gasteiger partial charge in [0, 0.05) is 24.0 Å². The van der Waals surface area contributed by atoms with Crippen LogP contribution < -0.4 is 0 Å². The lowest BCUT2D eigenvalue weighted by atomic mass is 9.86. The first kappa shape index (κ1) is 19.4. The maximum atomic E-state index is 11.7. The molecule has 0 saturated heterocycles. The summed E-state index contributed by atoms with van der Waals surface area (Å²) in [6.45, 7) is 2.74. The second-order valence-electron chi connectivity index (χ2n) is 7.80. The summed E-state index contributed by atoms with van der Waals surface area (Å²) in [4.78, 5) is 6.77. The fourth-order valence-electron chi connectivity index (χ4n) is 3.78. The van der Waals surface area contributed by atoms with Crippen molar-refractivity contribution < 1.29 is 9.52 Å². The minimum atomic E-state index is -1.21. The quantitative estimate of drug-likeness (QED) is 0.507. The van der Waals surface area contributed by atoms with Gasteiger partial charge in [0.2, 0.25) is 0 Å². The number of aryl methyl sites for hydroxylation is 1. The number of nitrogens with zero attached hydrogens (tertiary/aromatic N) is 2. The van der Waals surface area contributed by atoms with E-state index in [0.717, 1.165) is 39.8 Å². The largest absolute Gasteiger partial charge is 0.466 e. The van der Waals surface area contributed by atoms with Crippen molar-refractivity contribution in [1.29, 1.82) is 0 Å². The van der Waals surface area contributed by atoms with E-state index in [9.17, 15) is 5.11 Å². The Morgan fingerprint density at radius 1 is 1.00 bits per heavy atom. The molecule has 0 radical (unpaired) electrons. The van der Waals surface area contributed by atoms with Crippen LogP contribution in [0.2, 0.25) is 0 Å². The number of benzene rings is 2. The molecule has 4 rings (SSSR count). The molecule has 0 aliphatic carbocycles. The van der Waals surface area contributed by atoms with Gasteiger partial charge in [0.15, 0.2) is 0 Å². The van der Waals surface area contributed by atoms with Gasteiger partial charge in [-0.2, -0.15) is 0 Å². The predicted molar refractivity (Wildman–Crippen MR) is 117 cm³/mol. The van der Waals surface area contributed by atoms with E-state index in [0.29, 0.717) is 12.2 Å². The van der Waals surface area contributed by atoms with Crippen LogP contribution in [0.5, 0.6) is 0 Å². The number of fused-ring (bicyclic) bond motifs is 1. The van der Waals surface area contributed by atoms with Gasteiger partial charge in [0.1, 0.15) is 11.4 Å². The molecule has 0 fully saturated rings. The topological polar surface area (TPSA) is 49.5 Å². The average Bonchev–Trinajstić information content (AvgIpc) is 3.27. The van der Waals surface area contributed by atoms with Gasteiger partial charge in [-0.1, -0.05) is 36.4 Å². The first-order chi connectivity index (χ1) is 14.0. The summed E-state index contributed by atoms with van der Waals surface area (Å²) in [5.74, 6) is 0.556. The molecular formula is C25H26N2O2. The van der Waals surface area contributed by atoms with Crippen LogP contribution in [0.25, 0.3) is 22.0 Å². The molecule has 4 nitrogen and oxygen atoms in total. The lowest BCUT2D eigenvalue weighted by Crippen LogP contribution is -2.31. The third-order valence-corrected chi connectivity index (χ3v) is 5.35. The molecule has 4 heteroatoms. The third-order valence-electron chi connectivity index (χ3n) is 5.35. The SMILES string of the molecule is Cc1cc(-c2ccccc2)c2cc(C(O)(CCN(C)C)c3ccco3)ccc2n1. The van der Waals surface area contributed by atoms with Crippen LogP contribution in [0, 0.1) is 6.92 Å². The first-order valence-corrected chi connectivity index (χ1v) is 9.86. The summed E-state index contributed by atoms with van der Waals surface area (Å²) < 4.78 is 5.65. The Kier molecular flexibility index (Phi) is 5.22. The van der Waals surface area contributed by atoms with Crippen LogP contribution in [0.15, 0.2) is 77.4 Å². The molecule has 2 aromatic heterocycles. The van der Waals surface area contributed by atoms with Gasteiger partial charge >= 0.3 is 0 Å². The predicted octanol–water partition coefficient (Wildman–Crippen LogP) is 4.99. The standard InChI is InChI=1S/C25H26N2O2/c1-18-16-21(19-8-5-4-6-9-19)22-17-20(11-12-23(22)26-18)25(28,13-14-27(2)3)24-10-7-15-29-24/h4-12,15-17,28H,13-14H2,1-3H3. The molecule has 1 N–H and O–H groups in total. The third kappa shape index (κ3) is 3.82. The average molecular weight is 386 g/mol. The zero-order chi connectivity index (χ0) is 20.4.